The van der Waals surface area contributed by atoms with Gasteiger partial charge >= 0.3 is 0 Å². The minimum Gasteiger partial charge on any atom is -0.488 e. The maximum Gasteiger partial charge on any atom is 0.191 e. The van der Waals surface area contributed by atoms with Gasteiger partial charge in [-0.2, -0.15) is 0 Å². The van der Waals surface area contributed by atoms with Crippen LogP contribution in [0.3, 0.4) is 0 Å². The van der Waals surface area contributed by atoms with Gasteiger partial charge in [0.05, 0.1) is 19.4 Å². The Balaban J connectivity index is 0.00000420. The van der Waals surface area contributed by atoms with Crippen molar-refractivity contribution in [3.8, 4) is 5.75 Å². The number of hydrogen-bond donors (Lipinski definition) is 3. The lowest BCUT2D eigenvalue weighted by molar-refractivity contribution is 0.0386. The van der Waals surface area contributed by atoms with Gasteiger partial charge in [0, 0.05) is 12.1 Å². The number of benzene rings is 1. The second-order valence-corrected chi connectivity index (χ2v) is 8.13. The Morgan fingerprint density at radius 3 is 2.48 bits per heavy atom. The fraction of sp³-hybridized carbons (Fsp3) is 0.500. The van der Waals surface area contributed by atoms with Crippen LogP contribution >= 0.6 is 24.0 Å². The molecule has 3 N–H and O–H groups in total. The smallest absolute Gasteiger partial charge is 0.191 e. The Morgan fingerprint density at radius 2 is 1.90 bits per heavy atom. The lowest BCUT2D eigenvalue weighted by Crippen LogP contribution is -2.44. The van der Waals surface area contributed by atoms with E-state index in [-0.39, 0.29) is 36.1 Å². The molecule has 0 aliphatic heterocycles. The normalized spacial score (nSPS) is 14.0. The lowest BCUT2D eigenvalue weighted by atomic mass is 10.0. The highest BCUT2D eigenvalue weighted by atomic mass is 127. The van der Waals surface area contributed by atoms with Crippen LogP contribution in [0.4, 0.5) is 0 Å². The SMILES string of the molecule is CCNC(=NCc1ccc(C)cc1OC(C)(C)C)NCC(C)(O)c1ccco1.I. The monoisotopic (exact) mass is 515 g/mol. The highest BCUT2D eigenvalue weighted by molar-refractivity contribution is 14.0. The predicted octanol–water partition coefficient (Wildman–Crippen LogP) is 4.35. The zero-order valence-corrected chi connectivity index (χ0v) is 20.5. The molecule has 0 fully saturated rings. The van der Waals surface area contributed by atoms with Gasteiger partial charge in [0.1, 0.15) is 22.7 Å². The molecule has 29 heavy (non-hydrogen) atoms. The molecule has 0 amide bonds. The van der Waals surface area contributed by atoms with Crippen molar-refractivity contribution in [2.24, 2.45) is 4.99 Å². The quantitative estimate of drug-likeness (QED) is 0.291. The minimum atomic E-state index is -1.13. The van der Waals surface area contributed by atoms with E-state index >= 15 is 0 Å². The molecule has 0 aliphatic carbocycles. The number of nitrogens with zero attached hydrogens (tertiary/aromatic N) is 1. The number of halogens is 1. The van der Waals surface area contributed by atoms with Crippen LogP contribution in [0.2, 0.25) is 0 Å². The van der Waals surface area contributed by atoms with E-state index in [1.54, 1.807) is 25.3 Å². The third kappa shape index (κ3) is 8.26. The van der Waals surface area contributed by atoms with Crippen molar-refractivity contribution in [3.63, 3.8) is 0 Å². The lowest BCUT2D eigenvalue weighted by Gasteiger charge is -2.24. The highest BCUT2D eigenvalue weighted by Crippen LogP contribution is 2.25. The van der Waals surface area contributed by atoms with Crippen LogP contribution in [0, 0.1) is 6.92 Å². The molecule has 1 atom stereocenters. The average Bonchev–Trinajstić information content (AvgIpc) is 3.13. The maximum absolute atomic E-state index is 10.6. The van der Waals surface area contributed by atoms with Crippen LogP contribution in [-0.4, -0.2) is 29.8 Å². The highest BCUT2D eigenvalue weighted by Gasteiger charge is 2.26. The molecule has 0 bridgehead atoms. The number of nitrogens with one attached hydrogen (secondary N) is 2. The number of ether oxygens (including phenoxy) is 1. The van der Waals surface area contributed by atoms with Crippen LogP contribution < -0.4 is 15.4 Å². The number of guanidine groups is 1. The fourth-order valence-electron chi connectivity index (χ4n) is 2.65. The molecule has 6 nitrogen and oxygen atoms in total. The number of aryl methyl sites for hydroxylation is 1. The second-order valence-electron chi connectivity index (χ2n) is 8.13. The van der Waals surface area contributed by atoms with E-state index in [0.717, 1.165) is 16.9 Å². The number of aliphatic hydroxyl groups is 1. The first-order valence-electron chi connectivity index (χ1n) is 9.68. The van der Waals surface area contributed by atoms with Crippen LogP contribution in [0.25, 0.3) is 0 Å². The second kappa shape index (κ2) is 10.9. The van der Waals surface area contributed by atoms with E-state index < -0.39 is 5.60 Å². The van der Waals surface area contributed by atoms with Crippen LogP contribution in [0.1, 0.15) is 51.5 Å². The Labute approximate surface area is 191 Å². The topological polar surface area (TPSA) is 79.0 Å². The van der Waals surface area contributed by atoms with Gasteiger partial charge in [0.25, 0.3) is 0 Å². The summed E-state index contributed by atoms with van der Waals surface area (Å²) in [5.41, 5.74) is 0.739. The molecule has 0 spiro atoms. The van der Waals surface area contributed by atoms with Gasteiger partial charge in [0.2, 0.25) is 0 Å². The third-order valence-electron chi connectivity index (χ3n) is 4.04. The molecular formula is C22H34IN3O3. The number of furan rings is 1. The van der Waals surface area contributed by atoms with E-state index in [1.165, 1.54) is 0 Å². The summed E-state index contributed by atoms with van der Waals surface area (Å²) in [6.45, 7) is 13.3. The average molecular weight is 515 g/mol. The van der Waals surface area contributed by atoms with Crippen LogP contribution in [0.5, 0.6) is 5.75 Å². The van der Waals surface area contributed by atoms with Gasteiger partial charge in [-0.3, -0.25) is 0 Å². The first-order chi connectivity index (χ1) is 13.1. The molecule has 1 aromatic carbocycles. The molecule has 0 saturated heterocycles. The summed E-state index contributed by atoms with van der Waals surface area (Å²) in [5.74, 6) is 1.97. The summed E-state index contributed by atoms with van der Waals surface area (Å²) in [7, 11) is 0. The summed E-state index contributed by atoms with van der Waals surface area (Å²) in [6, 6.07) is 9.66. The molecule has 162 valence electrons. The standard InChI is InChI=1S/C22H33N3O3.HI/c1-7-23-20(25-15-22(6,26)19-9-8-12-27-19)24-14-17-11-10-16(2)13-18(17)28-21(3,4)5;/h8-13,26H,7,14-15H2,1-6H3,(H2,23,24,25);1H. The number of hydrogen-bond acceptors (Lipinski definition) is 4. The van der Waals surface area contributed by atoms with Crippen LogP contribution in [-0.2, 0) is 12.1 Å². The van der Waals surface area contributed by atoms with Gasteiger partial charge in [-0.15, -0.1) is 24.0 Å². The Morgan fingerprint density at radius 1 is 1.17 bits per heavy atom. The molecule has 0 saturated carbocycles. The fourth-order valence-corrected chi connectivity index (χ4v) is 2.65. The van der Waals surface area contributed by atoms with E-state index in [2.05, 4.69) is 21.7 Å². The molecule has 2 aromatic rings. The molecule has 0 aliphatic rings. The van der Waals surface area contributed by atoms with Gasteiger partial charge in [-0.05, 0) is 65.3 Å². The van der Waals surface area contributed by atoms with Crippen molar-refractivity contribution in [2.45, 2.75) is 59.3 Å². The summed E-state index contributed by atoms with van der Waals surface area (Å²) in [4.78, 5) is 4.66. The van der Waals surface area contributed by atoms with E-state index in [0.29, 0.717) is 24.8 Å². The van der Waals surface area contributed by atoms with E-state index in [1.807, 2.05) is 46.8 Å². The number of aliphatic imine (C=N–C) groups is 1. The van der Waals surface area contributed by atoms with Gasteiger partial charge < -0.3 is 24.9 Å². The molecule has 0 radical (unpaired) electrons. The zero-order valence-electron chi connectivity index (χ0n) is 18.2. The zero-order chi connectivity index (χ0) is 20.8. The van der Waals surface area contributed by atoms with Gasteiger partial charge in [0.15, 0.2) is 5.96 Å². The third-order valence-corrected chi connectivity index (χ3v) is 4.04. The minimum absolute atomic E-state index is 0. The first-order valence-corrected chi connectivity index (χ1v) is 9.68. The maximum atomic E-state index is 10.6. The molecule has 1 unspecified atom stereocenters. The van der Waals surface area contributed by atoms with Crippen molar-refractivity contribution < 1.29 is 14.3 Å². The van der Waals surface area contributed by atoms with Crippen molar-refractivity contribution in [3.05, 3.63) is 53.5 Å². The van der Waals surface area contributed by atoms with Gasteiger partial charge in [-0.1, -0.05) is 12.1 Å². The summed E-state index contributed by atoms with van der Waals surface area (Å²) < 4.78 is 11.4. The Bertz CT molecular complexity index is 781. The van der Waals surface area contributed by atoms with E-state index in [4.69, 9.17) is 9.15 Å². The van der Waals surface area contributed by atoms with Crippen molar-refractivity contribution in [1.82, 2.24) is 10.6 Å². The Hall–Kier alpha value is -1.74. The molecule has 2 rings (SSSR count). The largest absolute Gasteiger partial charge is 0.488 e. The van der Waals surface area contributed by atoms with Crippen molar-refractivity contribution in [1.29, 1.82) is 0 Å². The first kappa shape index (κ1) is 25.3. The predicted molar refractivity (Wildman–Crippen MR) is 128 cm³/mol. The molecule has 7 heteroatoms. The summed E-state index contributed by atoms with van der Waals surface area (Å²) in [6.07, 6.45) is 1.55. The van der Waals surface area contributed by atoms with Crippen molar-refractivity contribution >= 4 is 29.9 Å². The molecular weight excluding hydrogens is 481 g/mol. The molecule has 1 heterocycles. The Kier molecular flexibility index (Phi) is 9.48. The summed E-state index contributed by atoms with van der Waals surface area (Å²) >= 11 is 0. The summed E-state index contributed by atoms with van der Waals surface area (Å²) in [5, 5.41) is 17.0. The molecule has 1 aromatic heterocycles. The van der Waals surface area contributed by atoms with Crippen LogP contribution in [0.15, 0.2) is 46.0 Å². The van der Waals surface area contributed by atoms with E-state index in [9.17, 15) is 5.11 Å². The van der Waals surface area contributed by atoms with Crippen molar-refractivity contribution in [2.75, 3.05) is 13.1 Å². The number of rotatable bonds is 7. The van der Waals surface area contributed by atoms with Gasteiger partial charge in [-0.25, -0.2) is 4.99 Å².